The van der Waals surface area contributed by atoms with Gasteiger partial charge in [0.05, 0.1) is 5.69 Å². The normalized spacial score (nSPS) is 12.7. The summed E-state index contributed by atoms with van der Waals surface area (Å²) in [5.41, 5.74) is 19.7. The van der Waals surface area contributed by atoms with Gasteiger partial charge in [-0.3, -0.25) is 0 Å². The molecule has 0 bridgehead atoms. The fourth-order valence-corrected chi connectivity index (χ4v) is 10.6. The maximum atomic E-state index is 2.42. The molecule has 0 fully saturated rings. The van der Waals surface area contributed by atoms with Crippen molar-refractivity contribution in [1.29, 1.82) is 0 Å². The summed E-state index contributed by atoms with van der Waals surface area (Å²) in [5, 5.41) is 6.29. The van der Waals surface area contributed by atoms with E-state index in [9.17, 15) is 0 Å². The SMILES string of the molecule is Cn1c(-c2ccccc2)c(-c2ccccc2)c2c3ccc(-c4ccc(N(c5ccc(-c6cccc7ccccc67)cc5)c5ccc6c(c5)C(C)(C)c5ccccc5-6)cc4)cc3ccc21. The first-order valence-corrected chi connectivity index (χ1v) is 22.3. The monoisotopic (exact) mass is 818 g/mol. The molecule has 1 aliphatic rings. The Labute approximate surface area is 375 Å². The third-order valence-corrected chi connectivity index (χ3v) is 13.8. The van der Waals surface area contributed by atoms with E-state index in [4.69, 9.17) is 0 Å². The Morgan fingerprint density at radius 2 is 0.969 bits per heavy atom. The van der Waals surface area contributed by atoms with Crippen molar-refractivity contribution in [3.05, 3.63) is 236 Å². The van der Waals surface area contributed by atoms with Crippen LogP contribution >= 0.6 is 0 Å². The molecule has 1 aromatic heterocycles. The second-order valence-corrected chi connectivity index (χ2v) is 17.8. The van der Waals surface area contributed by atoms with E-state index in [2.05, 4.69) is 255 Å². The molecule has 64 heavy (non-hydrogen) atoms. The fraction of sp³-hybridized carbons (Fsp3) is 0.0645. The van der Waals surface area contributed by atoms with Crippen LogP contribution < -0.4 is 4.90 Å². The number of hydrogen-bond acceptors (Lipinski definition) is 1. The van der Waals surface area contributed by atoms with Gasteiger partial charge in [-0.05, 0) is 126 Å². The first-order chi connectivity index (χ1) is 31.4. The van der Waals surface area contributed by atoms with Crippen molar-refractivity contribution in [2.45, 2.75) is 19.3 Å². The van der Waals surface area contributed by atoms with Gasteiger partial charge in [0.2, 0.25) is 0 Å². The minimum atomic E-state index is -0.109. The van der Waals surface area contributed by atoms with Crippen LogP contribution in [0.25, 0.3) is 88.2 Å². The second-order valence-electron chi connectivity index (χ2n) is 17.8. The van der Waals surface area contributed by atoms with Gasteiger partial charge in [-0.25, -0.2) is 0 Å². The molecular formula is C62H46N2. The highest BCUT2D eigenvalue weighted by atomic mass is 15.1. The molecule has 2 heteroatoms. The van der Waals surface area contributed by atoms with E-state index in [1.807, 2.05) is 0 Å². The highest BCUT2D eigenvalue weighted by Gasteiger charge is 2.35. The number of aromatic nitrogens is 1. The lowest BCUT2D eigenvalue weighted by atomic mass is 9.82. The zero-order valence-electron chi connectivity index (χ0n) is 36.3. The summed E-state index contributed by atoms with van der Waals surface area (Å²) in [6.07, 6.45) is 0. The number of hydrogen-bond donors (Lipinski definition) is 0. The summed E-state index contributed by atoms with van der Waals surface area (Å²) in [4.78, 5) is 2.41. The van der Waals surface area contributed by atoms with Crippen molar-refractivity contribution in [3.63, 3.8) is 0 Å². The number of rotatable bonds is 7. The molecule has 0 radical (unpaired) electrons. The van der Waals surface area contributed by atoms with Crippen LogP contribution in [0.2, 0.25) is 0 Å². The molecule has 1 aliphatic carbocycles. The van der Waals surface area contributed by atoms with Crippen LogP contribution in [0.4, 0.5) is 17.1 Å². The highest BCUT2D eigenvalue weighted by Crippen LogP contribution is 2.51. The number of nitrogens with zero attached hydrogens (tertiary/aromatic N) is 2. The third kappa shape index (κ3) is 6.02. The van der Waals surface area contributed by atoms with Crippen LogP contribution in [-0.4, -0.2) is 4.57 Å². The Balaban J connectivity index is 0.956. The molecule has 0 atom stereocenters. The van der Waals surface area contributed by atoms with Gasteiger partial charge in [0, 0.05) is 46.0 Å². The van der Waals surface area contributed by atoms with Crippen LogP contribution in [0.3, 0.4) is 0 Å². The number of anilines is 3. The first-order valence-electron chi connectivity index (χ1n) is 22.3. The summed E-state index contributed by atoms with van der Waals surface area (Å²) in [7, 11) is 2.20. The maximum absolute atomic E-state index is 2.42. The van der Waals surface area contributed by atoms with E-state index < -0.39 is 0 Å². The zero-order valence-corrected chi connectivity index (χ0v) is 36.3. The van der Waals surface area contributed by atoms with Crippen molar-refractivity contribution >= 4 is 49.5 Å². The van der Waals surface area contributed by atoms with Crippen molar-refractivity contribution < 1.29 is 0 Å². The molecule has 0 saturated carbocycles. The quantitative estimate of drug-likeness (QED) is 0.156. The molecular weight excluding hydrogens is 773 g/mol. The van der Waals surface area contributed by atoms with Gasteiger partial charge in [0.15, 0.2) is 0 Å². The zero-order chi connectivity index (χ0) is 42.9. The Morgan fingerprint density at radius 1 is 0.375 bits per heavy atom. The molecule has 0 unspecified atom stereocenters. The van der Waals surface area contributed by atoms with E-state index in [1.165, 1.54) is 99.3 Å². The third-order valence-electron chi connectivity index (χ3n) is 13.8. The van der Waals surface area contributed by atoms with E-state index in [-0.39, 0.29) is 5.41 Å². The summed E-state index contributed by atoms with van der Waals surface area (Å²) in [6.45, 7) is 4.72. The predicted octanol–water partition coefficient (Wildman–Crippen LogP) is 16.9. The van der Waals surface area contributed by atoms with Gasteiger partial charge >= 0.3 is 0 Å². The van der Waals surface area contributed by atoms with E-state index in [0.29, 0.717) is 0 Å². The van der Waals surface area contributed by atoms with Gasteiger partial charge in [-0.1, -0.05) is 190 Å². The summed E-state index contributed by atoms with van der Waals surface area (Å²) in [6, 6.07) is 82.6. The minimum absolute atomic E-state index is 0.109. The molecule has 0 N–H and O–H groups in total. The summed E-state index contributed by atoms with van der Waals surface area (Å²) >= 11 is 0. The smallest absolute Gasteiger partial charge is 0.0568 e. The summed E-state index contributed by atoms with van der Waals surface area (Å²) in [5.74, 6) is 0. The molecule has 0 amide bonds. The molecule has 10 aromatic carbocycles. The Bertz CT molecular complexity index is 3550. The van der Waals surface area contributed by atoms with E-state index in [1.54, 1.807) is 0 Å². The van der Waals surface area contributed by atoms with Gasteiger partial charge < -0.3 is 9.47 Å². The fourth-order valence-electron chi connectivity index (χ4n) is 10.6. The van der Waals surface area contributed by atoms with Gasteiger partial charge in [0.1, 0.15) is 0 Å². The second kappa shape index (κ2) is 14.9. The lowest BCUT2D eigenvalue weighted by molar-refractivity contribution is 0.660. The van der Waals surface area contributed by atoms with Gasteiger partial charge in [-0.15, -0.1) is 0 Å². The molecule has 2 nitrogen and oxygen atoms in total. The average molecular weight is 819 g/mol. The summed E-state index contributed by atoms with van der Waals surface area (Å²) < 4.78 is 2.36. The molecule has 1 heterocycles. The van der Waals surface area contributed by atoms with Crippen LogP contribution in [0.5, 0.6) is 0 Å². The molecule has 0 aliphatic heterocycles. The van der Waals surface area contributed by atoms with Gasteiger partial charge in [-0.2, -0.15) is 0 Å². The van der Waals surface area contributed by atoms with Crippen LogP contribution in [0.1, 0.15) is 25.0 Å². The van der Waals surface area contributed by atoms with Crippen molar-refractivity contribution in [1.82, 2.24) is 4.57 Å². The van der Waals surface area contributed by atoms with E-state index >= 15 is 0 Å². The lowest BCUT2D eigenvalue weighted by Gasteiger charge is -2.28. The molecule has 11 aromatic rings. The van der Waals surface area contributed by atoms with Gasteiger partial charge in [0.25, 0.3) is 0 Å². The largest absolute Gasteiger partial charge is 0.343 e. The van der Waals surface area contributed by atoms with Crippen molar-refractivity contribution in [3.8, 4) is 55.8 Å². The maximum Gasteiger partial charge on any atom is 0.0568 e. The number of benzene rings is 10. The standard InChI is InChI=1S/C62H46N2/c1-62(2)56-24-13-12-22-54(56)55-37-35-50(40-57(55)62)64(49-33-27-43(28-34-49)52-23-14-20-42-15-10-11-21-51(42)52)48-31-25-41(26-32-48)46-29-36-53-47(39-46)30-38-58-60(53)59(44-16-6-4-7-17-44)61(63(58)3)45-18-8-5-9-19-45/h4-40H,1-3H3. The number of aryl methyl sites for hydroxylation is 1. The minimum Gasteiger partial charge on any atom is -0.343 e. The van der Waals surface area contributed by atoms with Crippen LogP contribution in [0.15, 0.2) is 224 Å². The molecule has 0 saturated heterocycles. The average Bonchev–Trinajstić information content (AvgIpc) is 3.78. The van der Waals surface area contributed by atoms with Crippen LogP contribution in [0, 0.1) is 0 Å². The molecule has 12 rings (SSSR count). The number of fused-ring (bicyclic) bond motifs is 7. The van der Waals surface area contributed by atoms with Crippen LogP contribution in [-0.2, 0) is 12.5 Å². The Morgan fingerprint density at radius 3 is 1.73 bits per heavy atom. The topological polar surface area (TPSA) is 8.17 Å². The Kier molecular flexibility index (Phi) is 8.77. The first kappa shape index (κ1) is 37.8. The highest BCUT2D eigenvalue weighted by molar-refractivity contribution is 6.18. The van der Waals surface area contributed by atoms with Crippen molar-refractivity contribution in [2.24, 2.45) is 7.05 Å². The molecule has 304 valence electrons. The van der Waals surface area contributed by atoms with E-state index in [0.717, 1.165) is 17.1 Å². The predicted molar refractivity (Wildman–Crippen MR) is 272 cm³/mol. The molecule has 0 spiro atoms. The van der Waals surface area contributed by atoms with Crippen molar-refractivity contribution in [2.75, 3.05) is 4.90 Å². The Hall–Kier alpha value is -7.94. The lowest BCUT2D eigenvalue weighted by Crippen LogP contribution is -2.16.